The summed E-state index contributed by atoms with van der Waals surface area (Å²) in [5.41, 5.74) is 0.224. The first-order valence-electron chi connectivity index (χ1n) is 12.5. The van der Waals surface area contributed by atoms with Gasteiger partial charge in [0.25, 0.3) is 0 Å². The van der Waals surface area contributed by atoms with Crippen LogP contribution in [0.3, 0.4) is 0 Å². The molecule has 9 atom stereocenters. The van der Waals surface area contributed by atoms with Crippen LogP contribution in [-0.2, 0) is 28.6 Å². The van der Waals surface area contributed by atoms with Gasteiger partial charge in [-0.3, -0.25) is 14.4 Å². The number of carbonyl (C=O) groups excluding carboxylic acids is 3. The topological polar surface area (TPSA) is 78.9 Å². The summed E-state index contributed by atoms with van der Waals surface area (Å²) in [6.07, 6.45) is 8.48. The first-order valence-corrected chi connectivity index (χ1v) is 12.5. The SMILES string of the molecule is CC(=O)OC[C@@H]1C[C@H]2[C@@H]3CC[C@H]4C[C@@H](OC(C)=O)CC[C@]4(C)[C@H]3CC[C@]2(C)[C@H]1OC(C)=O. The van der Waals surface area contributed by atoms with Crippen molar-refractivity contribution in [1.82, 2.24) is 0 Å². The second-order valence-electron chi connectivity index (χ2n) is 11.5. The largest absolute Gasteiger partial charge is 0.465 e. The van der Waals surface area contributed by atoms with E-state index in [4.69, 9.17) is 14.2 Å². The predicted octanol–water partition coefficient (Wildman–Crippen LogP) is 4.68. The van der Waals surface area contributed by atoms with Crippen LogP contribution in [-0.4, -0.2) is 36.7 Å². The normalized spacial score (nSPS) is 45.1. The van der Waals surface area contributed by atoms with E-state index in [0.717, 1.165) is 38.5 Å². The minimum absolute atomic E-state index is 0.0597. The molecule has 4 aliphatic rings. The maximum atomic E-state index is 12.0. The molecule has 0 bridgehead atoms. The zero-order chi connectivity index (χ0) is 23.3. The Morgan fingerprint density at radius 1 is 0.781 bits per heavy atom. The molecule has 4 saturated carbocycles. The number of hydrogen-bond acceptors (Lipinski definition) is 6. The van der Waals surface area contributed by atoms with Gasteiger partial charge in [0.1, 0.15) is 12.2 Å². The molecule has 180 valence electrons. The Bertz CT molecular complexity index is 763. The maximum Gasteiger partial charge on any atom is 0.302 e. The van der Waals surface area contributed by atoms with Crippen LogP contribution in [0.2, 0.25) is 0 Å². The number of hydrogen-bond donors (Lipinski definition) is 0. The van der Waals surface area contributed by atoms with Crippen LogP contribution < -0.4 is 0 Å². The molecule has 0 radical (unpaired) electrons. The first kappa shape index (κ1) is 23.6. The van der Waals surface area contributed by atoms with Crippen molar-refractivity contribution in [1.29, 1.82) is 0 Å². The van der Waals surface area contributed by atoms with Gasteiger partial charge in [0, 0.05) is 32.1 Å². The van der Waals surface area contributed by atoms with Gasteiger partial charge < -0.3 is 14.2 Å². The fourth-order valence-electron chi connectivity index (χ4n) is 8.48. The summed E-state index contributed by atoms with van der Waals surface area (Å²) in [6, 6.07) is 0. The van der Waals surface area contributed by atoms with Gasteiger partial charge in [0.05, 0.1) is 6.61 Å². The number of rotatable bonds is 4. The molecule has 32 heavy (non-hydrogen) atoms. The van der Waals surface area contributed by atoms with Gasteiger partial charge in [-0.25, -0.2) is 0 Å². The summed E-state index contributed by atoms with van der Waals surface area (Å²) >= 11 is 0. The molecule has 4 rings (SSSR count). The van der Waals surface area contributed by atoms with E-state index in [0.29, 0.717) is 30.3 Å². The van der Waals surface area contributed by atoms with Crippen LogP contribution in [0.5, 0.6) is 0 Å². The van der Waals surface area contributed by atoms with Crippen molar-refractivity contribution in [3.05, 3.63) is 0 Å². The van der Waals surface area contributed by atoms with Crippen LogP contribution in [0, 0.1) is 40.4 Å². The third kappa shape index (κ3) is 4.07. The van der Waals surface area contributed by atoms with Crippen molar-refractivity contribution >= 4 is 17.9 Å². The minimum Gasteiger partial charge on any atom is -0.465 e. The Morgan fingerprint density at radius 2 is 1.47 bits per heavy atom. The van der Waals surface area contributed by atoms with E-state index in [-0.39, 0.29) is 46.9 Å². The molecule has 0 aromatic heterocycles. The van der Waals surface area contributed by atoms with E-state index in [1.807, 2.05) is 0 Å². The highest BCUT2D eigenvalue weighted by Crippen LogP contribution is 2.67. The maximum absolute atomic E-state index is 12.0. The van der Waals surface area contributed by atoms with Crippen LogP contribution in [0.15, 0.2) is 0 Å². The molecule has 6 nitrogen and oxygen atoms in total. The van der Waals surface area contributed by atoms with Gasteiger partial charge >= 0.3 is 17.9 Å². The van der Waals surface area contributed by atoms with E-state index in [2.05, 4.69) is 13.8 Å². The number of fused-ring (bicyclic) bond motifs is 5. The molecule has 0 aliphatic heterocycles. The van der Waals surface area contributed by atoms with E-state index in [9.17, 15) is 14.4 Å². The minimum atomic E-state index is -0.276. The van der Waals surface area contributed by atoms with Crippen molar-refractivity contribution in [3.63, 3.8) is 0 Å². The summed E-state index contributed by atoms with van der Waals surface area (Å²) in [4.78, 5) is 34.9. The van der Waals surface area contributed by atoms with Gasteiger partial charge in [-0.05, 0) is 80.5 Å². The fraction of sp³-hybridized carbons (Fsp3) is 0.885. The number of esters is 3. The fourth-order valence-corrected chi connectivity index (χ4v) is 8.48. The molecule has 0 aromatic rings. The third-order valence-corrected chi connectivity index (χ3v) is 9.82. The highest BCUT2D eigenvalue weighted by molar-refractivity contribution is 5.67. The molecular formula is C26H40O6. The highest BCUT2D eigenvalue weighted by atomic mass is 16.6. The molecule has 0 saturated heterocycles. The lowest BCUT2D eigenvalue weighted by Gasteiger charge is -2.60. The lowest BCUT2D eigenvalue weighted by Crippen LogP contribution is -2.55. The van der Waals surface area contributed by atoms with Crippen molar-refractivity contribution in [2.75, 3.05) is 6.61 Å². The van der Waals surface area contributed by atoms with E-state index in [1.54, 1.807) is 0 Å². The monoisotopic (exact) mass is 448 g/mol. The third-order valence-electron chi connectivity index (χ3n) is 9.82. The summed E-state index contributed by atoms with van der Waals surface area (Å²) < 4.78 is 16.9. The standard InChI is InChI=1S/C26H40O6/c1-15(27)30-14-18-12-23-21-7-6-19-13-20(31-16(2)28)8-10-25(19,4)22(21)9-11-26(23,5)24(18)32-17(3)29/h18-24H,6-14H2,1-5H3/t18-,19-,20-,21+,22-,23-,24-,25-,26-/m0/s1. The molecule has 0 heterocycles. The zero-order valence-corrected chi connectivity index (χ0v) is 20.4. The van der Waals surface area contributed by atoms with Crippen LogP contribution in [0.25, 0.3) is 0 Å². The van der Waals surface area contributed by atoms with Crippen molar-refractivity contribution in [2.24, 2.45) is 40.4 Å². The lowest BCUT2D eigenvalue weighted by molar-refractivity contribution is -0.170. The van der Waals surface area contributed by atoms with E-state index < -0.39 is 0 Å². The second-order valence-corrected chi connectivity index (χ2v) is 11.5. The van der Waals surface area contributed by atoms with Crippen molar-refractivity contribution in [2.45, 2.75) is 98.2 Å². The average Bonchev–Trinajstić information content (AvgIpc) is 2.98. The average molecular weight is 449 g/mol. The summed E-state index contributed by atoms with van der Waals surface area (Å²) in [5.74, 6) is 1.74. The van der Waals surface area contributed by atoms with Crippen molar-refractivity contribution < 1.29 is 28.6 Å². The van der Waals surface area contributed by atoms with Gasteiger partial charge in [-0.1, -0.05) is 13.8 Å². The van der Waals surface area contributed by atoms with Gasteiger partial charge in [0.2, 0.25) is 0 Å². The molecular weight excluding hydrogens is 408 g/mol. The molecule has 4 fully saturated rings. The van der Waals surface area contributed by atoms with Crippen LogP contribution >= 0.6 is 0 Å². The van der Waals surface area contributed by atoms with E-state index in [1.165, 1.54) is 33.6 Å². The highest BCUT2D eigenvalue weighted by Gasteiger charge is 2.63. The Hall–Kier alpha value is -1.59. The van der Waals surface area contributed by atoms with Crippen molar-refractivity contribution in [3.8, 4) is 0 Å². The quantitative estimate of drug-likeness (QED) is 0.459. The lowest BCUT2D eigenvalue weighted by atomic mass is 9.45. The number of ether oxygens (including phenoxy) is 3. The molecule has 4 aliphatic carbocycles. The molecule has 0 spiro atoms. The van der Waals surface area contributed by atoms with Gasteiger partial charge in [-0.2, -0.15) is 0 Å². The smallest absolute Gasteiger partial charge is 0.302 e. The van der Waals surface area contributed by atoms with E-state index >= 15 is 0 Å². The second kappa shape index (κ2) is 8.64. The Labute approximate surface area is 192 Å². The summed E-state index contributed by atoms with van der Waals surface area (Å²) in [6.45, 7) is 9.56. The van der Waals surface area contributed by atoms with Gasteiger partial charge in [-0.15, -0.1) is 0 Å². The predicted molar refractivity (Wildman–Crippen MR) is 118 cm³/mol. The Kier molecular flexibility index (Phi) is 6.36. The molecule has 6 heteroatoms. The van der Waals surface area contributed by atoms with Gasteiger partial charge in [0.15, 0.2) is 0 Å². The Morgan fingerprint density at radius 3 is 2.12 bits per heavy atom. The van der Waals surface area contributed by atoms with Crippen LogP contribution in [0.1, 0.15) is 86.0 Å². The zero-order valence-electron chi connectivity index (χ0n) is 20.4. The molecule has 0 amide bonds. The summed E-state index contributed by atoms with van der Waals surface area (Å²) in [5, 5.41) is 0. The first-order chi connectivity index (χ1) is 15.0. The molecule has 0 unspecified atom stereocenters. The molecule has 0 aromatic carbocycles. The molecule has 0 N–H and O–H groups in total. The van der Waals surface area contributed by atoms with Crippen LogP contribution in [0.4, 0.5) is 0 Å². The Balaban J connectivity index is 1.54. The number of carbonyl (C=O) groups is 3. The summed E-state index contributed by atoms with van der Waals surface area (Å²) in [7, 11) is 0.